The Balaban J connectivity index is 2.21. The molecule has 2 aliphatic rings. The van der Waals surface area contributed by atoms with Crippen LogP contribution in [0.2, 0.25) is 0 Å². The Bertz CT molecular complexity index is 422. The Morgan fingerprint density at radius 2 is 2.33 bits per heavy atom. The van der Waals surface area contributed by atoms with E-state index in [1.165, 1.54) is 30.4 Å². The Morgan fingerprint density at radius 3 is 2.83 bits per heavy atom. The van der Waals surface area contributed by atoms with Crippen LogP contribution in [-0.4, -0.2) is 50.8 Å². The number of carbonyl (C=O) groups excluding carboxylic acids is 2. The van der Waals surface area contributed by atoms with Gasteiger partial charge in [0.25, 0.3) is 0 Å². The van der Waals surface area contributed by atoms with Crippen LogP contribution in [0.1, 0.15) is 6.92 Å². The summed E-state index contributed by atoms with van der Waals surface area (Å²) in [5.41, 5.74) is -0.134. The Hall–Kier alpha value is -0.700. The van der Waals surface area contributed by atoms with Gasteiger partial charge in [-0.2, -0.15) is 0 Å². The van der Waals surface area contributed by atoms with Gasteiger partial charge in [0.2, 0.25) is 5.91 Å². The SMILES string of the molecule is C[C@@H](O)[C@H]1C(=O)N2C(C(=O)[O-])=C(SCCO)S[C@H]12. The number of β-lactam (4-membered cyclic amide) rings is 1. The number of carboxylic acids is 1. The molecule has 2 aliphatic heterocycles. The minimum Gasteiger partial charge on any atom is -0.543 e. The third-order valence-electron chi connectivity index (χ3n) is 2.78. The van der Waals surface area contributed by atoms with Crippen molar-refractivity contribution in [2.75, 3.05) is 12.4 Å². The number of amides is 1. The van der Waals surface area contributed by atoms with Crippen molar-refractivity contribution in [2.24, 2.45) is 5.92 Å². The van der Waals surface area contributed by atoms with Gasteiger partial charge in [-0.1, -0.05) is 11.8 Å². The molecule has 0 aromatic carbocycles. The van der Waals surface area contributed by atoms with Crippen LogP contribution in [0.15, 0.2) is 9.93 Å². The number of fused-ring (bicyclic) bond motifs is 1. The van der Waals surface area contributed by atoms with E-state index in [1.54, 1.807) is 0 Å². The van der Waals surface area contributed by atoms with Gasteiger partial charge >= 0.3 is 0 Å². The van der Waals surface area contributed by atoms with Crippen LogP contribution in [-0.2, 0) is 9.59 Å². The van der Waals surface area contributed by atoms with Gasteiger partial charge in [0.05, 0.1) is 34.5 Å². The number of hydrogen-bond acceptors (Lipinski definition) is 7. The molecular formula is C10H12NO5S2-. The first-order chi connectivity index (χ1) is 8.49. The van der Waals surface area contributed by atoms with Crippen molar-refractivity contribution >= 4 is 35.4 Å². The number of nitrogens with zero attached hydrogens (tertiary/aromatic N) is 1. The maximum absolute atomic E-state index is 11.8. The number of rotatable bonds is 5. The molecule has 100 valence electrons. The van der Waals surface area contributed by atoms with Gasteiger partial charge in [-0.05, 0) is 6.92 Å². The summed E-state index contributed by atoms with van der Waals surface area (Å²) in [5.74, 6) is -2.01. The normalized spacial score (nSPS) is 28.2. The molecule has 0 aromatic heterocycles. The number of carboxylic acid groups (broad SMARTS) is 1. The Morgan fingerprint density at radius 1 is 1.67 bits per heavy atom. The zero-order valence-corrected chi connectivity index (χ0v) is 11.2. The van der Waals surface area contributed by atoms with Gasteiger partial charge in [-0.25, -0.2) is 0 Å². The standard InChI is InChI=1S/C10H13NO5S2/c1-4(13)5-7(14)11-6(9(15)16)10(17-3-2-12)18-8(5)11/h4-5,8,12-13H,2-3H2,1H3,(H,15,16)/p-1/t4-,5+,8-/m1/s1. The molecule has 0 radical (unpaired) electrons. The van der Waals surface area contributed by atoms with E-state index in [0.717, 1.165) is 4.90 Å². The van der Waals surface area contributed by atoms with E-state index in [0.29, 0.717) is 9.99 Å². The highest BCUT2D eigenvalue weighted by Crippen LogP contribution is 2.53. The van der Waals surface area contributed by atoms with E-state index in [-0.39, 0.29) is 23.6 Å². The van der Waals surface area contributed by atoms with Gasteiger partial charge in [0, 0.05) is 5.75 Å². The molecule has 6 nitrogen and oxygen atoms in total. The molecule has 1 fully saturated rings. The van der Waals surface area contributed by atoms with Crippen LogP contribution >= 0.6 is 23.5 Å². The molecular weight excluding hydrogens is 278 g/mol. The predicted molar refractivity (Wildman–Crippen MR) is 65.0 cm³/mol. The molecule has 18 heavy (non-hydrogen) atoms. The number of aliphatic hydroxyl groups excluding tert-OH is 2. The molecule has 0 aliphatic carbocycles. The fourth-order valence-electron chi connectivity index (χ4n) is 1.98. The van der Waals surface area contributed by atoms with Crippen molar-refractivity contribution in [3.63, 3.8) is 0 Å². The molecule has 1 saturated heterocycles. The zero-order valence-electron chi connectivity index (χ0n) is 9.53. The lowest BCUT2D eigenvalue weighted by Gasteiger charge is -2.44. The quantitative estimate of drug-likeness (QED) is 0.597. The maximum Gasteiger partial charge on any atom is 0.236 e. The summed E-state index contributed by atoms with van der Waals surface area (Å²) < 4.78 is 0.463. The fraction of sp³-hybridized carbons (Fsp3) is 0.600. The smallest absolute Gasteiger partial charge is 0.236 e. The molecule has 1 amide bonds. The summed E-state index contributed by atoms with van der Waals surface area (Å²) in [5, 5.41) is 28.9. The van der Waals surface area contributed by atoms with Gasteiger partial charge in [-0.15, -0.1) is 11.8 Å². The van der Waals surface area contributed by atoms with Crippen molar-refractivity contribution in [1.29, 1.82) is 0 Å². The van der Waals surface area contributed by atoms with Crippen molar-refractivity contribution in [2.45, 2.75) is 18.4 Å². The van der Waals surface area contributed by atoms with Crippen molar-refractivity contribution in [3.05, 3.63) is 9.93 Å². The van der Waals surface area contributed by atoms with Crippen LogP contribution in [0.25, 0.3) is 0 Å². The Labute approximate surface area is 112 Å². The number of carbonyl (C=O) groups is 2. The third-order valence-corrected chi connectivity index (χ3v) is 5.42. The molecule has 2 rings (SSSR count). The lowest BCUT2D eigenvalue weighted by molar-refractivity contribution is -0.301. The highest BCUT2D eigenvalue weighted by Gasteiger charge is 2.56. The van der Waals surface area contributed by atoms with E-state index in [2.05, 4.69) is 0 Å². The van der Waals surface area contributed by atoms with E-state index < -0.39 is 18.0 Å². The monoisotopic (exact) mass is 290 g/mol. The molecule has 8 heteroatoms. The zero-order chi connectivity index (χ0) is 13.4. The average molecular weight is 290 g/mol. The van der Waals surface area contributed by atoms with Crippen LogP contribution in [0.5, 0.6) is 0 Å². The number of thioether (sulfide) groups is 2. The maximum atomic E-state index is 11.8. The van der Waals surface area contributed by atoms with E-state index in [9.17, 15) is 19.8 Å². The summed E-state index contributed by atoms with van der Waals surface area (Å²) in [4.78, 5) is 24.0. The second-order valence-corrected chi connectivity index (χ2v) is 6.47. The van der Waals surface area contributed by atoms with Gasteiger partial charge in [-0.3, -0.25) is 9.69 Å². The summed E-state index contributed by atoms with van der Waals surface area (Å²) >= 11 is 2.41. The van der Waals surface area contributed by atoms with E-state index in [1.807, 2.05) is 0 Å². The molecule has 2 heterocycles. The third kappa shape index (κ3) is 2.03. The van der Waals surface area contributed by atoms with E-state index in [4.69, 9.17) is 5.11 Å². The molecule has 3 atom stereocenters. The molecule has 0 saturated carbocycles. The van der Waals surface area contributed by atoms with Crippen molar-refractivity contribution in [1.82, 2.24) is 4.90 Å². The van der Waals surface area contributed by atoms with Crippen molar-refractivity contribution in [3.8, 4) is 0 Å². The first-order valence-corrected chi connectivity index (χ1v) is 7.22. The second-order valence-electron chi connectivity index (χ2n) is 3.98. The van der Waals surface area contributed by atoms with Crippen LogP contribution < -0.4 is 5.11 Å². The minimum absolute atomic E-state index is 0.0759. The summed E-state index contributed by atoms with van der Waals surface area (Å²) in [6.45, 7) is 1.44. The number of aliphatic carboxylic acids is 1. The van der Waals surface area contributed by atoms with Crippen LogP contribution in [0.3, 0.4) is 0 Å². The number of aliphatic hydroxyl groups is 2. The largest absolute Gasteiger partial charge is 0.543 e. The first-order valence-electron chi connectivity index (χ1n) is 5.36. The molecule has 0 spiro atoms. The topological polar surface area (TPSA) is 101 Å². The highest BCUT2D eigenvalue weighted by atomic mass is 32.2. The van der Waals surface area contributed by atoms with Gasteiger partial charge in [0.1, 0.15) is 5.37 Å². The Kier molecular flexibility index (Phi) is 3.90. The lowest BCUT2D eigenvalue weighted by Crippen LogP contribution is -2.61. The summed E-state index contributed by atoms with van der Waals surface area (Å²) in [7, 11) is 0. The van der Waals surface area contributed by atoms with Gasteiger partial charge in [0.15, 0.2) is 0 Å². The number of hydrogen-bond donors (Lipinski definition) is 2. The van der Waals surface area contributed by atoms with Crippen LogP contribution in [0.4, 0.5) is 0 Å². The molecule has 0 bridgehead atoms. The molecule has 0 aromatic rings. The van der Waals surface area contributed by atoms with Crippen LogP contribution in [0, 0.1) is 5.92 Å². The van der Waals surface area contributed by atoms with E-state index >= 15 is 0 Å². The predicted octanol–water partition coefficient (Wildman–Crippen LogP) is -1.46. The second kappa shape index (κ2) is 5.12. The fourth-order valence-corrected chi connectivity index (χ4v) is 4.71. The molecule has 0 unspecified atom stereocenters. The van der Waals surface area contributed by atoms with Gasteiger partial charge < -0.3 is 20.1 Å². The molecule has 2 N–H and O–H groups in total. The minimum atomic E-state index is -1.40. The summed E-state index contributed by atoms with van der Waals surface area (Å²) in [6, 6.07) is 0. The first kappa shape index (κ1) is 13.7. The average Bonchev–Trinajstić information content (AvgIpc) is 2.60. The highest BCUT2D eigenvalue weighted by molar-refractivity contribution is 8.22. The summed E-state index contributed by atoms with van der Waals surface area (Å²) in [6.07, 6.45) is -0.809. The lowest BCUT2D eigenvalue weighted by atomic mass is 9.92. The van der Waals surface area contributed by atoms with Crippen molar-refractivity contribution < 1.29 is 24.9 Å².